The first-order valence-corrected chi connectivity index (χ1v) is 5.02. The molecule has 5 heteroatoms. The van der Waals surface area contributed by atoms with Crippen LogP contribution in [0.25, 0.3) is 0 Å². The van der Waals surface area contributed by atoms with E-state index < -0.39 is 6.03 Å². The highest BCUT2D eigenvalue weighted by molar-refractivity contribution is 5.93. The number of guanidine groups is 1. The first-order valence-electron chi connectivity index (χ1n) is 5.02. The van der Waals surface area contributed by atoms with Crippen molar-refractivity contribution in [2.24, 2.45) is 23.3 Å². The van der Waals surface area contributed by atoms with Crippen molar-refractivity contribution in [3.8, 4) is 0 Å². The molecule has 0 heterocycles. The summed E-state index contributed by atoms with van der Waals surface area (Å²) in [6.07, 6.45) is 4.53. The summed E-state index contributed by atoms with van der Waals surface area (Å²) in [5.41, 5.74) is 10.6. The third-order valence-corrected chi connectivity index (χ3v) is 3.53. The van der Waals surface area contributed by atoms with Crippen LogP contribution in [0.2, 0.25) is 0 Å². The van der Waals surface area contributed by atoms with Gasteiger partial charge in [-0.05, 0) is 31.1 Å². The highest BCUT2D eigenvalue weighted by atomic mass is 16.2. The van der Waals surface area contributed by atoms with Gasteiger partial charge in [-0.15, -0.1) is 0 Å². The van der Waals surface area contributed by atoms with Crippen molar-refractivity contribution in [2.45, 2.75) is 31.7 Å². The molecule has 14 heavy (non-hydrogen) atoms. The van der Waals surface area contributed by atoms with E-state index >= 15 is 0 Å². The lowest BCUT2D eigenvalue weighted by atomic mass is 9.94. The van der Waals surface area contributed by atoms with Gasteiger partial charge in [-0.2, -0.15) is 0 Å². The van der Waals surface area contributed by atoms with Gasteiger partial charge in [0.1, 0.15) is 0 Å². The van der Waals surface area contributed by atoms with E-state index in [9.17, 15) is 4.79 Å². The lowest BCUT2D eigenvalue weighted by molar-refractivity contribution is 0.197. The van der Waals surface area contributed by atoms with Crippen LogP contribution in [0, 0.1) is 17.2 Å². The Bertz CT molecular complexity index is 264. The Kier molecular flexibility index (Phi) is 2.09. The molecule has 2 aliphatic carbocycles. The maximum absolute atomic E-state index is 11.1. The van der Waals surface area contributed by atoms with Crippen LogP contribution < -0.4 is 11.5 Å². The molecule has 0 aromatic heterocycles. The van der Waals surface area contributed by atoms with E-state index in [2.05, 4.69) is 0 Å². The van der Waals surface area contributed by atoms with Crippen molar-refractivity contribution in [1.82, 2.24) is 4.90 Å². The molecule has 78 valence electrons. The van der Waals surface area contributed by atoms with Crippen LogP contribution in [0.5, 0.6) is 0 Å². The Morgan fingerprint density at radius 2 is 2.00 bits per heavy atom. The third-order valence-electron chi connectivity index (χ3n) is 3.53. The average molecular weight is 196 g/mol. The molecule has 5 N–H and O–H groups in total. The van der Waals surface area contributed by atoms with E-state index in [0.717, 1.165) is 12.8 Å². The third kappa shape index (κ3) is 1.32. The maximum Gasteiger partial charge on any atom is 0.321 e. The van der Waals surface area contributed by atoms with Crippen LogP contribution in [0.3, 0.4) is 0 Å². The zero-order valence-corrected chi connectivity index (χ0v) is 8.07. The number of urea groups is 1. The molecule has 3 unspecified atom stereocenters. The molecule has 5 nitrogen and oxygen atoms in total. The lowest BCUT2D eigenvalue weighted by Gasteiger charge is -2.31. The van der Waals surface area contributed by atoms with Crippen LogP contribution in [-0.4, -0.2) is 22.9 Å². The Hall–Kier alpha value is -1.26. The first-order chi connectivity index (χ1) is 6.59. The van der Waals surface area contributed by atoms with Crippen molar-refractivity contribution in [1.29, 1.82) is 5.41 Å². The number of rotatable bonds is 1. The fourth-order valence-electron chi connectivity index (χ4n) is 2.99. The Balaban J connectivity index is 2.13. The molecular weight excluding hydrogens is 180 g/mol. The van der Waals surface area contributed by atoms with Crippen molar-refractivity contribution < 1.29 is 4.79 Å². The molecule has 0 aromatic rings. The number of carbonyl (C=O) groups is 1. The van der Waals surface area contributed by atoms with Gasteiger partial charge in [0.05, 0.1) is 0 Å². The van der Waals surface area contributed by atoms with Crippen molar-refractivity contribution >= 4 is 12.0 Å². The Morgan fingerprint density at radius 3 is 2.36 bits per heavy atom. The molecular formula is C9H16N4O. The minimum absolute atomic E-state index is 0.0868. The molecule has 0 aliphatic heterocycles. The summed E-state index contributed by atoms with van der Waals surface area (Å²) in [6.45, 7) is 0. The summed E-state index contributed by atoms with van der Waals surface area (Å²) in [5, 5.41) is 7.33. The lowest BCUT2D eigenvalue weighted by Crippen LogP contribution is -2.52. The molecule has 0 aromatic carbocycles. The monoisotopic (exact) mass is 196 g/mol. The van der Waals surface area contributed by atoms with E-state index in [-0.39, 0.29) is 12.0 Å². The molecule has 2 saturated carbocycles. The molecule has 2 aliphatic rings. The molecule has 2 bridgehead atoms. The van der Waals surface area contributed by atoms with E-state index in [0.29, 0.717) is 11.8 Å². The minimum atomic E-state index is -0.588. The predicted octanol–water partition coefficient (Wildman–Crippen LogP) is 0.449. The first kappa shape index (κ1) is 9.30. The number of nitrogens with one attached hydrogen (secondary N) is 1. The van der Waals surface area contributed by atoms with Crippen molar-refractivity contribution in [3.05, 3.63) is 0 Å². The number of hydrogen-bond donors (Lipinski definition) is 3. The molecule has 2 rings (SSSR count). The standard InChI is InChI=1S/C9H16N4O/c10-8(11)13(9(12)14)7-4-5-1-2-6(7)3-5/h5-7H,1-4H2,(H3,10,11)(H2,12,14). The molecule has 3 atom stereocenters. The number of hydrogen-bond acceptors (Lipinski definition) is 2. The fourth-order valence-corrected chi connectivity index (χ4v) is 2.99. The average Bonchev–Trinajstić information content (AvgIpc) is 2.63. The summed E-state index contributed by atoms with van der Waals surface area (Å²) in [6, 6.07) is -0.501. The van der Waals surface area contributed by atoms with Crippen LogP contribution in [-0.2, 0) is 0 Å². The zero-order valence-electron chi connectivity index (χ0n) is 8.07. The van der Waals surface area contributed by atoms with Gasteiger partial charge in [0.25, 0.3) is 0 Å². The fraction of sp³-hybridized carbons (Fsp3) is 0.778. The van der Waals surface area contributed by atoms with Crippen LogP contribution in [0.1, 0.15) is 25.7 Å². The van der Waals surface area contributed by atoms with Gasteiger partial charge in [0.2, 0.25) is 0 Å². The van der Waals surface area contributed by atoms with Gasteiger partial charge >= 0.3 is 6.03 Å². The number of nitrogens with zero attached hydrogens (tertiary/aromatic N) is 1. The van der Waals surface area contributed by atoms with Crippen molar-refractivity contribution in [2.75, 3.05) is 0 Å². The molecule has 0 spiro atoms. The van der Waals surface area contributed by atoms with E-state index in [1.165, 1.54) is 17.7 Å². The number of fused-ring (bicyclic) bond motifs is 2. The normalized spacial score (nSPS) is 34.4. The quantitative estimate of drug-likeness (QED) is 0.419. The number of carbonyl (C=O) groups excluding carboxylic acids is 1. The second-order valence-electron chi connectivity index (χ2n) is 4.34. The van der Waals surface area contributed by atoms with Gasteiger partial charge in [-0.25, -0.2) is 4.79 Å². The van der Waals surface area contributed by atoms with Gasteiger partial charge < -0.3 is 11.5 Å². The van der Waals surface area contributed by atoms with E-state index in [4.69, 9.17) is 16.9 Å². The summed E-state index contributed by atoms with van der Waals surface area (Å²) < 4.78 is 0. The topological polar surface area (TPSA) is 96.2 Å². The highest BCUT2D eigenvalue weighted by Crippen LogP contribution is 2.46. The maximum atomic E-state index is 11.1. The molecule has 0 radical (unpaired) electrons. The minimum Gasteiger partial charge on any atom is -0.370 e. The van der Waals surface area contributed by atoms with Crippen LogP contribution in [0.4, 0.5) is 4.79 Å². The second-order valence-corrected chi connectivity index (χ2v) is 4.34. The number of nitrogens with two attached hydrogens (primary N) is 2. The zero-order chi connectivity index (χ0) is 10.3. The van der Waals surface area contributed by atoms with E-state index in [1.807, 2.05) is 0 Å². The Labute approximate surface area is 82.9 Å². The summed E-state index contributed by atoms with van der Waals surface area (Å²) >= 11 is 0. The Morgan fingerprint density at radius 1 is 1.29 bits per heavy atom. The van der Waals surface area contributed by atoms with Gasteiger partial charge in [0.15, 0.2) is 5.96 Å². The second kappa shape index (κ2) is 3.15. The van der Waals surface area contributed by atoms with Gasteiger partial charge in [0, 0.05) is 6.04 Å². The van der Waals surface area contributed by atoms with Crippen molar-refractivity contribution in [3.63, 3.8) is 0 Å². The molecule has 0 saturated heterocycles. The van der Waals surface area contributed by atoms with Gasteiger partial charge in [-0.1, -0.05) is 6.42 Å². The number of primary amides is 1. The SMILES string of the molecule is N=C(N)N(C(N)=O)C1CC2CCC1C2. The summed E-state index contributed by atoms with van der Waals surface area (Å²) in [7, 11) is 0. The van der Waals surface area contributed by atoms with Crippen LogP contribution in [0.15, 0.2) is 0 Å². The number of amides is 2. The predicted molar refractivity (Wildman–Crippen MR) is 52.6 cm³/mol. The highest BCUT2D eigenvalue weighted by Gasteiger charge is 2.44. The van der Waals surface area contributed by atoms with E-state index in [1.54, 1.807) is 0 Å². The molecule has 2 fully saturated rings. The summed E-state index contributed by atoms with van der Waals surface area (Å²) in [5.74, 6) is 1.01. The largest absolute Gasteiger partial charge is 0.370 e. The van der Waals surface area contributed by atoms with Gasteiger partial charge in [-0.3, -0.25) is 10.3 Å². The summed E-state index contributed by atoms with van der Waals surface area (Å²) in [4.78, 5) is 12.4. The smallest absolute Gasteiger partial charge is 0.321 e. The van der Waals surface area contributed by atoms with Crippen LogP contribution >= 0.6 is 0 Å². The molecule has 2 amide bonds.